The van der Waals surface area contributed by atoms with Crippen LogP contribution >= 0.6 is 11.3 Å². The van der Waals surface area contributed by atoms with Crippen molar-refractivity contribution in [3.05, 3.63) is 46.7 Å². The van der Waals surface area contributed by atoms with Crippen LogP contribution in [-0.2, 0) is 6.42 Å². The van der Waals surface area contributed by atoms with Crippen LogP contribution in [0.15, 0.2) is 30.3 Å². The summed E-state index contributed by atoms with van der Waals surface area (Å²) in [5.41, 5.74) is 10.9. The molecule has 2 heterocycles. The number of aromatic nitrogens is 1. The normalized spacial score (nSPS) is 13.9. The van der Waals surface area contributed by atoms with Gasteiger partial charge >= 0.3 is 0 Å². The number of nitrogen functional groups attached to an aromatic ring is 1. The largest absolute Gasteiger partial charge is 0.397 e. The maximum atomic E-state index is 13.5. The number of hydrogen-bond acceptors (Lipinski definition) is 4. The maximum Gasteiger partial charge on any atom is 0.125 e. The van der Waals surface area contributed by atoms with Gasteiger partial charge in [-0.2, -0.15) is 0 Å². The van der Waals surface area contributed by atoms with Crippen molar-refractivity contribution in [2.45, 2.75) is 13.3 Å². The summed E-state index contributed by atoms with van der Waals surface area (Å²) in [5, 5.41) is 1.02. The highest BCUT2D eigenvalue weighted by Crippen LogP contribution is 2.40. The number of halogens is 1. The summed E-state index contributed by atoms with van der Waals surface area (Å²) in [5.74, 6) is -0.218. The van der Waals surface area contributed by atoms with Gasteiger partial charge in [0.25, 0.3) is 0 Å². The number of rotatable bonds is 1. The number of fused-ring (bicyclic) bond motifs is 2. The predicted molar refractivity (Wildman–Crippen MR) is 85.9 cm³/mol. The van der Waals surface area contributed by atoms with E-state index in [1.165, 1.54) is 6.07 Å². The smallest absolute Gasteiger partial charge is 0.125 e. The Balaban J connectivity index is 1.88. The first-order valence-corrected chi connectivity index (χ1v) is 7.66. The van der Waals surface area contributed by atoms with Gasteiger partial charge in [-0.3, -0.25) is 0 Å². The van der Waals surface area contributed by atoms with Crippen molar-refractivity contribution in [1.29, 1.82) is 0 Å². The minimum atomic E-state index is -0.218. The molecule has 0 fully saturated rings. The van der Waals surface area contributed by atoms with Crippen molar-refractivity contribution in [1.82, 2.24) is 4.98 Å². The van der Waals surface area contributed by atoms with Crippen LogP contribution in [0.2, 0.25) is 0 Å². The third kappa shape index (κ3) is 1.96. The molecule has 0 aliphatic carbocycles. The fraction of sp³-hybridized carbons (Fsp3) is 0.188. The molecular weight excluding hydrogens is 285 g/mol. The second kappa shape index (κ2) is 4.43. The lowest BCUT2D eigenvalue weighted by Crippen LogP contribution is -2.15. The predicted octanol–water partition coefficient (Wildman–Crippen LogP) is 4.02. The Bertz CT molecular complexity index is 856. The van der Waals surface area contributed by atoms with E-state index in [9.17, 15) is 4.39 Å². The summed E-state index contributed by atoms with van der Waals surface area (Å²) in [6.45, 7) is 2.80. The van der Waals surface area contributed by atoms with Gasteiger partial charge in [0.1, 0.15) is 5.82 Å². The highest BCUT2D eigenvalue weighted by Gasteiger charge is 2.23. The first-order chi connectivity index (χ1) is 10.1. The summed E-state index contributed by atoms with van der Waals surface area (Å²) in [7, 11) is 0. The number of benzene rings is 2. The molecule has 0 spiro atoms. The Morgan fingerprint density at radius 2 is 2.10 bits per heavy atom. The quantitative estimate of drug-likeness (QED) is 0.690. The van der Waals surface area contributed by atoms with Crippen molar-refractivity contribution >= 4 is 38.6 Å². The van der Waals surface area contributed by atoms with Crippen molar-refractivity contribution in [3.8, 4) is 0 Å². The number of anilines is 3. The molecule has 0 unspecified atom stereocenters. The molecule has 0 bridgehead atoms. The van der Waals surface area contributed by atoms with Crippen LogP contribution in [-0.4, -0.2) is 11.5 Å². The van der Waals surface area contributed by atoms with Crippen LogP contribution in [0.5, 0.6) is 0 Å². The second-order valence-electron chi connectivity index (χ2n) is 5.29. The minimum absolute atomic E-state index is 0.218. The molecule has 0 saturated heterocycles. The zero-order valence-corrected chi connectivity index (χ0v) is 12.4. The van der Waals surface area contributed by atoms with Gasteiger partial charge in [-0.05, 0) is 43.2 Å². The van der Waals surface area contributed by atoms with Gasteiger partial charge in [-0.15, -0.1) is 11.3 Å². The van der Waals surface area contributed by atoms with Gasteiger partial charge < -0.3 is 10.6 Å². The number of nitrogens with zero attached hydrogens (tertiary/aromatic N) is 2. The molecule has 106 valence electrons. The van der Waals surface area contributed by atoms with Crippen LogP contribution in [0.4, 0.5) is 21.5 Å². The fourth-order valence-corrected chi connectivity index (χ4v) is 3.79. The second-order valence-corrected chi connectivity index (χ2v) is 6.52. The van der Waals surface area contributed by atoms with E-state index in [1.54, 1.807) is 17.4 Å². The number of nitrogens with two attached hydrogens (primary N) is 1. The zero-order chi connectivity index (χ0) is 14.6. The molecular formula is C16H14FN3S. The van der Waals surface area contributed by atoms with E-state index in [0.717, 1.165) is 45.1 Å². The first kappa shape index (κ1) is 12.6. The van der Waals surface area contributed by atoms with E-state index >= 15 is 0 Å². The molecule has 3 nitrogen and oxygen atoms in total. The lowest BCUT2D eigenvalue weighted by molar-refractivity contribution is 0.628. The summed E-state index contributed by atoms with van der Waals surface area (Å²) in [4.78, 5) is 6.61. The van der Waals surface area contributed by atoms with Gasteiger partial charge in [0, 0.05) is 12.2 Å². The number of hydrogen-bond donors (Lipinski definition) is 1. The van der Waals surface area contributed by atoms with Crippen LogP contribution < -0.4 is 10.6 Å². The molecule has 1 aliphatic rings. The molecule has 1 aliphatic heterocycles. The van der Waals surface area contributed by atoms with Crippen LogP contribution in [0.25, 0.3) is 10.2 Å². The van der Waals surface area contributed by atoms with Crippen molar-refractivity contribution in [2.75, 3.05) is 17.2 Å². The van der Waals surface area contributed by atoms with Gasteiger partial charge in [-0.1, -0.05) is 6.07 Å². The molecule has 0 radical (unpaired) electrons. The van der Waals surface area contributed by atoms with Crippen molar-refractivity contribution < 1.29 is 4.39 Å². The third-order valence-electron chi connectivity index (χ3n) is 3.88. The van der Waals surface area contributed by atoms with Crippen LogP contribution in [0, 0.1) is 12.7 Å². The molecule has 2 N–H and O–H groups in total. The molecule has 3 aromatic rings. The minimum Gasteiger partial charge on any atom is -0.397 e. The first-order valence-electron chi connectivity index (χ1n) is 6.84. The summed E-state index contributed by atoms with van der Waals surface area (Å²) in [6.07, 6.45) is 0.906. The van der Waals surface area contributed by atoms with Crippen molar-refractivity contribution in [2.24, 2.45) is 0 Å². The summed E-state index contributed by atoms with van der Waals surface area (Å²) >= 11 is 1.64. The van der Waals surface area contributed by atoms with Crippen LogP contribution in [0.3, 0.4) is 0 Å². The maximum absolute atomic E-state index is 13.5. The van der Waals surface area contributed by atoms with Gasteiger partial charge in [0.05, 0.1) is 26.6 Å². The molecule has 0 saturated carbocycles. The Labute approximate surface area is 125 Å². The highest BCUT2D eigenvalue weighted by molar-refractivity contribution is 7.18. The lowest BCUT2D eigenvalue weighted by atomic mass is 10.1. The zero-order valence-electron chi connectivity index (χ0n) is 11.6. The summed E-state index contributed by atoms with van der Waals surface area (Å²) in [6, 6.07) is 8.92. The lowest BCUT2D eigenvalue weighted by Gasteiger charge is -2.21. The average Bonchev–Trinajstić information content (AvgIpc) is 2.99. The Kier molecular flexibility index (Phi) is 2.65. The van der Waals surface area contributed by atoms with E-state index in [-0.39, 0.29) is 5.82 Å². The van der Waals surface area contributed by atoms with Gasteiger partial charge in [0.2, 0.25) is 0 Å². The number of thiazole rings is 1. The summed E-state index contributed by atoms with van der Waals surface area (Å²) < 4.78 is 14.6. The highest BCUT2D eigenvalue weighted by atomic mass is 32.1. The molecule has 0 atom stereocenters. The molecule has 2 aromatic carbocycles. The van der Waals surface area contributed by atoms with Gasteiger partial charge in [0.15, 0.2) is 0 Å². The number of aryl methyl sites for hydroxylation is 1. The van der Waals surface area contributed by atoms with Gasteiger partial charge in [-0.25, -0.2) is 9.37 Å². The molecule has 4 rings (SSSR count). The Hall–Kier alpha value is -2.14. The van der Waals surface area contributed by atoms with E-state index < -0.39 is 0 Å². The Morgan fingerprint density at radius 3 is 2.95 bits per heavy atom. The van der Waals surface area contributed by atoms with E-state index in [0.29, 0.717) is 5.69 Å². The topological polar surface area (TPSA) is 42.2 Å². The molecule has 1 aromatic heterocycles. The molecule has 21 heavy (non-hydrogen) atoms. The van der Waals surface area contributed by atoms with Crippen molar-refractivity contribution in [3.63, 3.8) is 0 Å². The monoisotopic (exact) mass is 299 g/mol. The van der Waals surface area contributed by atoms with E-state index in [2.05, 4.69) is 9.88 Å². The average molecular weight is 299 g/mol. The third-order valence-corrected chi connectivity index (χ3v) is 4.81. The van der Waals surface area contributed by atoms with E-state index in [1.807, 2.05) is 25.1 Å². The molecule has 5 heteroatoms. The molecule has 0 amide bonds. The fourth-order valence-electron chi connectivity index (χ4n) is 2.93. The SMILES string of the molecule is Cc1nc2cc(N3CCc4ccc(F)cc43)c(N)cc2s1. The van der Waals surface area contributed by atoms with E-state index in [4.69, 9.17) is 5.73 Å². The standard InChI is InChI=1S/C16H14FN3S/c1-9-19-13-8-15(12(18)7-16(13)21-9)20-5-4-10-2-3-11(17)6-14(10)20/h2-3,6-8H,4-5,18H2,1H3. The van der Waals surface area contributed by atoms with Crippen LogP contribution in [0.1, 0.15) is 10.6 Å². The Morgan fingerprint density at radius 1 is 1.24 bits per heavy atom.